The number of hydrogen-bond acceptors (Lipinski definition) is 5. The van der Waals surface area contributed by atoms with Crippen molar-refractivity contribution in [3.63, 3.8) is 0 Å². The molecule has 0 spiro atoms. The number of esters is 1. The van der Waals surface area contributed by atoms with Gasteiger partial charge in [-0.1, -0.05) is 11.6 Å². The molecule has 1 aliphatic rings. The van der Waals surface area contributed by atoms with Crippen molar-refractivity contribution in [2.75, 3.05) is 39.2 Å². The van der Waals surface area contributed by atoms with Crippen LogP contribution >= 0.6 is 23.8 Å². The molecule has 1 atom stereocenters. The number of nitrogens with zero attached hydrogens (tertiary/aromatic N) is 1. The third kappa shape index (κ3) is 4.89. The van der Waals surface area contributed by atoms with Crippen molar-refractivity contribution in [3.05, 3.63) is 17.2 Å². The Hall–Kier alpha value is -1.73. The van der Waals surface area contributed by atoms with Crippen molar-refractivity contribution in [2.24, 2.45) is 5.92 Å². The van der Waals surface area contributed by atoms with E-state index in [-0.39, 0.29) is 11.9 Å². The maximum absolute atomic E-state index is 12.0. The van der Waals surface area contributed by atoms with Crippen LogP contribution in [0.5, 0.6) is 11.5 Å². The van der Waals surface area contributed by atoms with Crippen LogP contribution in [0.25, 0.3) is 0 Å². The molecule has 0 amide bonds. The average Bonchev–Trinajstić information content (AvgIpc) is 2.63. The number of nitrogens with one attached hydrogen (secondary N) is 1. The zero-order valence-corrected chi connectivity index (χ0v) is 16.2. The van der Waals surface area contributed by atoms with Crippen LogP contribution in [-0.2, 0) is 9.53 Å². The standard InChI is InChI=1S/C17H23ClN2O4S/c1-4-24-16(21)11-6-5-7-20(10-11)17(25)19-13-9-14(22-2)12(18)8-15(13)23-3/h8-9,11H,4-7,10H2,1-3H3,(H,19,25). The van der Waals surface area contributed by atoms with Crippen molar-refractivity contribution >= 4 is 40.6 Å². The number of benzene rings is 1. The Bertz CT molecular complexity index is 641. The first-order chi connectivity index (χ1) is 12.0. The van der Waals surface area contributed by atoms with E-state index in [0.29, 0.717) is 40.5 Å². The highest BCUT2D eigenvalue weighted by Crippen LogP contribution is 2.36. The summed E-state index contributed by atoms with van der Waals surface area (Å²) in [4.78, 5) is 14.0. The van der Waals surface area contributed by atoms with E-state index >= 15 is 0 Å². The number of likely N-dealkylation sites (tertiary alicyclic amines) is 1. The molecule has 1 fully saturated rings. The molecular formula is C17H23ClN2O4S. The molecule has 1 aromatic rings. The predicted octanol–water partition coefficient (Wildman–Crippen LogP) is 3.33. The molecule has 0 aliphatic carbocycles. The molecule has 1 aromatic carbocycles. The van der Waals surface area contributed by atoms with E-state index < -0.39 is 0 Å². The van der Waals surface area contributed by atoms with Crippen LogP contribution in [0.3, 0.4) is 0 Å². The van der Waals surface area contributed by atoms with Crippen molar-refractivity contribution in [1.82, 2.24) is 4.90 Å². The SMILES string of the molecule is CCOC(=O)C1CCCN(C(=S)Nc2cc(OC)c(Cl)cc2OC)C1. The summed E-state index contributed by atoms with van der Waals surface area (Å²) in [6, 6.07) is 3.41. The maximum atomic E-state index is 12.0. The third-order valence-corrected chi connectivity index (χ3v) is 4.70. The van der Waals surface area contributed by atoms with E-state index in [4.69, 9.17) is 38.0 Å². The summed E-state index contributed by atoms with van der Waals surface area (Å²) in [6.45, 7) is 3.52. The highest BCUT2D eigenvalue weighted by molar-refractivity contribution is 7.80. The molecule has 138 valence electrons. The van der Waals surface area contributed by atoms with Gasteiger partial charge in [0.25, 0.3) is 0 Å². The van der Waals surface area contributed by atoms with Gasteiger partial charge < -0.3 is 24.4 Å². The number of methoxy groups -OCH3 is 2. The molecular weight excluding hydrogens is 364 g/mol. The Morgan fingerprint density at radius 2 is 2.08 bits per heavy atom. The number of carbonyl (C=O) groups excluding carboxylic acids is 1. The summed E-state index contributed by atoms with van der Waals surface area (Å²) in [5.41, 5.74) is 0.659. The van der Waals surface area contributed by atoms with E-state index in [1.165, 1.54) is 0 Å². The van der Waals surface area contributed by atoms with Gasteiger partial charge in [-0.2, -0.15) is 0 Å². The van der Waals surface area contributed by atoms with Gasteiger partial charge >= 0.3 is 5.97 Å². The molecule has 0 radical (unpaired) electrons. The lowest BCUT2D eigenvalue weighted by atomic mass is 9.98. The lowest BCUT2D eigenvalue weighted by molar-refractivity contribution is -0.149. The van der Waals surface area contributed by atoms with Crippen molar-refractivity contribution in [1.29, 1.82) is 0 Å². The first-order valence-corrected chi connectivity index (χ1v) is 8.92. The monoisotopic (exact) mass is 386 g/mol. The highest BCUT2D eigenvalue weighted by Gasteiger charge is 2.28. The fourth-order valence-corrected chi connectivity index (χ4v) is 3.27. The van der Waals surface area contributed by atoms with Crippen LogP contribution in [0, 0.1) is 5.92 Å². The Morgan fingerprint density at radius 3 is 2.72 bits per heavy atom. The average molecular weight is 387 g/mol. The summed E-state index contributed by atoms with van der Waals surface area (Å²) in [5.74, 6) is 0.763. The number of hydrogen-bond donors (Lipinski definition) is 1. The number of thiocarbonyl (C=S) groups is 1. The summed E-state index contributed by atoms with van der Waals surface area (Å²) < 4.78 is 15.7. The van der Waals surface area contributed by atoms with Crippen LogP contribution in [0.4, 0.5) is 5.69 Å². The van der Waals surface area contributed by atoms with Gasteiger partial charge in [0.15, 0.2) is 5.11 Å². The van der Waals surface area contributed by atoms with Crippen molar-refractivity contribution in [3.8, 4) is 11.5 Å². The Kier molecular flexibility index (Phi) is 7.13. The molecule has 1 N–H and O–H groups in total. The molecule has 0 saturated carbocycles. The molecule has 6 nitrogen and oxygen atoms in total. The van der Waals surface area contributed by atoms with Gasteiger partial charge in [0.1, 0.15) is 11.5 Å². The summed E-state index contributed by atoms with van der Waals surface area (Å²) in [5, 5.41) is 4.15. The number of rotatable bonds is 5. The molecule has 0 bridgehead atoms. The van der Waals surface area contributed by atoms with E-state index in [2.05, 4.69) is 5.32 Å². The Labute approximate surface area is 158 Å². The highest BCUT2D eigenvalue weighted by atomic mass is 35.5. The summed E-state index contributed by atoms with van der Waals surface area (Å²) >= 11 is 11.6. The lowest BCUT2D eigenvalue weighted by Crippen LogP contribution is -2.44. The van der Waals surface area contributed by atoms with Gasteiger partial charge in [-0.3, -0.25) is 4.79 Å². The van der Waals surface area contributed by atoms with Crippen LogP contribution in [-0.4, -0.2) is 49.9 Å². The number of carbonyl (C=O) groups is 1. The molecule has 25 heavy (non-hydrogen) atoms. The normalized spacial score (nSPS) is 17.0. The minimum Gasteiger partial charge on any atom is -0.495 e. The third-order valence-electron chi connectivity index (χ3n) is 4.04. The van der Waals surface area contributed by atoms with Gasteiger partial charge in [0.05, 0.1) is 37.5 Å². The molecule has 0 aromatic heterocycles. The van der Waals surface area contributed by atoms with E-state index in [9.17, 15) is 4.79 Å². The number of anilines is 1. The van der Waals surface area contributed by atoms with E-state index in [1.54, 1.807) is 26.4 Å². The first-order valence-electron chi connectivity index (χ1n) is 8.14. The topological polar surface area (TPSA) is 60.0 Å². The van der Waals surface area contributed by atoms with Gasteiger partial charge in [0.2, 0.25) is 0 Å². The zero-order valence-electron chi connectivity index (χ0n) is 14.6. The number of piperidine rings is 1. The van der Waals surface area contributed by atoms with Gasteiger partial charge in [-0.05, 0) is 32.0 Å². The van der Waals surface area contributed by atoms with Crippen LogP contribution in [0.2, 0.25) is 5.02 Å². The Morgan fingerprint density at radius 1 is 1.36 bits per heavy atom. The van der Waals surface area contributed by atoms with Crippen molar-refractivity contribution in [2.45, 2.75) is 19.8 Å². The molecule has 1 aliphatic heterocycles. The largest absolute Gasteiger partial charge is 0.495 e. The molecule has 1 heterocycles. The fourth-order valence-electron chi connectivity index (χ4n) is 2.77. The second-order valence-electron chi connectivity index (χ2n) is 5.65. The molecule has 8 heteroatoms. The quantitative estimate of drug-likeness (QED) is 0.615. The molecule has 1 unspecified atom stereocenters. The van der Waals surface area contributed by atoms with Crippen LogP contribution < -0.4 is 14.8 Å². The zero-order chi connectivity index (χ0) is 18.4. The minimum atomic E-state index is -0.166. The van der Waals surface area contributed by atoms with Gasteiger partial charge in [-0.15, -0.1) is 0 Å². The summed E-state index contributed by atoms with van der Waals surface area (Å²) in [7, 11) is 3.11. The maximum Gasteiger partial charge on any atom is 0.310 e. The molecule has 2 rings (SSSR count). The lowest BCUT2D eigenvalue weighted by Gasteiger charge is -2.33. The smallest absolute Gasteiger partial charge is 0.310 e. The van der Waals surface area contributed by atoms with Crippen molar-refractivity contribution < 1.29 is 19.0 Å². The fraction of sp³-hybridized carbons (Fsp3) is 0.529. The summed E-state index contributed by atoms with van der Waals surface area (Å²) in [6.07, 6.45) is 1.70. The number of ether oxygens (including phenoxy) is 3. The van der Waals surface area contributed by atoms with E-state index in [0.717, 1.165) is 19.4 Å². The van der Waals surface area contributed by atoms with E-state index in [1.807, 2.05) is 11.8 Å². The minimum absolute atomic E-state index is 0.157. The van der Waals surface area contributed by atoms with Gasteiger partial charge in [0, 0.05) is 25.2 Å². The second kappa shape index (κ2) is 9.10. The predicted molar refractivity (Wildman–Crippen MR) is 102 cm³/mol. The second-order valence-corrected chi connectivity index (χ2v) is 6.45. The van der Waals surface area contributed by atoms with Crippen LogP contribution in [0.15, 0.2) is 12.1 Å². The first kappa shape index (κ1) is 19.6. The van der Waals surface area contributed by atoms with Gasteiger partial charge in [-0.25, -0.2) is 0 Å². The van der Waals surface area contributed by atoms with Crippen LogP contribution in [0.1, 0.15) is 19.8 Å². The molecule has 1 saturated heterocycles. The number of halogens is 1. The Balaban J connectivity index is 2.10.